The van der Waals surface area contributed by atoms with Gasteiger partial charge in [0.25, 0.3) is 38.8 Å². The minimum absolute atomic E-state index is 0. The molecule has 2 unspecified atom stereocenters. The molecule has 0 spiro atoms. The first-order valence-electron chi connectivity index (χ1n) is 40.0. The fourth-order valence-electron chi connectivity index (χ4n) is 8.60. The lowest BCUT2D eigenvalue weighted by molar-refractivity contribution is -0.140. The summed E-state index contributed by atoms with van der Waals surface area (Å²) in [6, 6.07) is 0. The molecule has 10 aliphatic carbocycles. The number of allylic oxidation sites excluding steroid dienone is 8. The van der Waals surface area contributed by atoms with Gasteiger partial charge < -0.3 is 37.9 Å². The predicted octanol–water partition coefficient (Wildman–Crippen LogP) is 27.4. The first kappa shape index (κ1) is 141. The van der Waals surface area contributed by atoms with Gasteiger partial charge in [-0.2, -0.15) is 0 Å². The molecule has 0 aromatic heterocycles. The quantitative estimate of drug-likeness (QED) is 0.0324. The van der Waals surface area contributed by atoms with Crippen LogP contribution in [0.4, 0.5) is 0 Å². The topological polar surface area (TPSA) is 210 Å². The van der Waals surface area contributed by atoms with Crippen molar-refractivity contribution in [1.82, 2.24) is 0 Å². The molecule has 16 nitrogen and oxygen atoms in total. The van der Waals surface area contributed by atoms with Crippen molar-refractivity contribution in [1.29, 1.82) is 0 Å². The van der Waals surface area contributed by atoms with Crippen molar-refractivity contribution in [3.05, 3.63) is 150 Å². The maximum absolute atomic E-state index is 9.93. The highest BCUT2D eigenvalue weighted by Crippen LogP contribution is 2.44. The molecule has 652 valence electrons. The first-order valence-corrected chi connectivity index (χ1v) is 40.0. The predicted molar refractivity (Wildman–Crippen MR) is 480 cm³/mol. The Bertz CT molecular complexity index is 1630. The summed E-state index contributed by atoms with van der Waals surface area (Å²) < 4.78 is 34.0. The summed E-state index contributed by atoms with van der Waals surface area (Å²) in [6.45, 7) is 58.2. The minimum atomic E-state index is -0.264. The van der Waals surface area contributed by atoms with E-state index in [9.17, 15) is 38.4 Å². The summed E-state index contributed by atoms with van der Waals surface area (Å²) in [6.07, 6.45) is 77.1. The average molecular weight is 1570 g/mol. The number of hydrogen-bond donors (Lipinski definition) is 0. The molecule has 0 N–H and O–H groups in total. The number of carbonyl (C=O) groups is 8. The third-order valence-electron chi connectivity index (χ3n) is 13.8. The molecule has 6 saturated carbocycles. The van der Waals surface area contributed by atoms with Crippen molar-refractivity contribution < 1.29 is 76.3 Å². The highest BCUT2D eigenvalue weighted by molar-refractivity contribution is 5.66. The zero-order valence-electron chi connectivity index (χ0n) is 70.5. The average Bonchev–Trinajstić information content (AvgIpc) is 1.74. The zero-order chi connectivity index (χ0) is 83.0. The third-order valence-corrected chi connectivity index (χ3v) is 13.8. The van der Waals surface area contributed by atoms with Crippen LogP contribution in [0, 0.1) is 23.7 Å². The number of hydrogen-bond acceptors (Lipinski definition) is 16. The molecule has 16 heteroatoms. The fourth-order valence-corrected chi connectivity index (χ4v) is 8.60. The van der Waals surface area contributed by atoms with Crippen molar-refractivity contribution in [3.63, 3.8) is 0 Å². The Labute approximate surface area is 682 Å². The van der Waals surface area contributed by atoms with E-state index in [1.165, 1.54) is 248 Å². The number of ether oxygens (including phenoxy) is 8. The lowest BCUT2D eigenvalue weighted by Crippen LogP contribution is -1.96. The van der Waals surface area contributed by atoms with Crippen LogP contribution in [-0.2, 0) is 76.3 Å². The number of fused-ring (bicyclic) bond motifs is 4. The van der Waals surface area contributed by atoms with Crippen molar-refractivity contribution in [2.24, 2.45) is 23.7 Å². The van der Waals surface area contributed by atoms with Crippen LogP contribution >= 0.6 is 0 Å². The van der Waals surface area contributed by atoms with E-state index >= 15 is 0 Å². The standard InChI is InChI=1S/C7H12.C7H10.C6H12.C6H10.2C5H8O2.C5H10.C5H8.6C4H6O2.C4H8.C4H6.6C2H6.4CH4/c2*1-2-7-4-3-6(1)5-7;2*1-2-4-6-5-3-1;2*1-3-4-7-5(2)6;2*1-2-4-5-3-1;6*1-2-3-6-4-5;2*1-2-4-3-1;6*1-2;;;;/h6-7H,1-5H2;1-2,6-7H,3-5H2;1-6H2;1-2H,3-6H2;2*3H,1,4H2,2H3;1-5H2;1-2H,3-5H2;6*2,4H,1,3H2;1-4H2;1-2H,3-4H2;6*1-2H3;4*1H4. The van der Waals surface area contributed by atoms with Crippen molar-refractivity contribution in [2.45, 2.75) is 332 Å². The van der Waals surface area contributed by atoms with Gasteiger partial charge in [-0.3, -0.25) is 38.4 Å². The molecule has 0 amide bonds. The normalized spacial score (nSPS) is 15.5. The summed E-state index contributed by atoms with van der Waals surface area (Å²) in [5, 5.41) is 0. The van der Waals surface area contributed by atoms with Gasteiger partial charge in [0.05, 0.1) is 0 Å². The molecular weight excluding hydrogens is 1390 g/mol. The second-order valence-corrected chi connectivity index (χ2v) is 21.8. The maximum Gasteiger partial charge on any atom is 0.302 e. The molecule has 0 saturated heterocycles. The van der Waals surface area contributed by atoms with E-state index in [1.807, 2.05) is 83.1 Å². The van der Waals surface area contributed by atoms with Gasteiger partial charge in [0.1, 0.15) is 52.9 Å². The second-order valence-electron chi connectivity index (χ2n) is 21.8. The van der Waals surface area contributed by atoms with Crippen LogP contribution in [0.2, 0.25) is 0 Å². The van der Waals surface area contributed by atoms with E-state index in [2.05, 4.69) is 139 Å². The second kappa shape index (κ2) is 158. The molecule has 10 rings (SSSR count). The van der Waals surface area contributed by atoms with E-state index in [0.717, 1.165) is 11.8 Å². The summed E-state index contributed by atoms with van der Waals surface area (Å²) in [5.41, 5.74) is 0. The van der Waals surface area contributed by atoms with Gasteiger partial charge in [-0.1, -0.05) is 385 Å². The number of carbonyl (C=O) groups excluding carboxylic acids is 8. The summed E-state index contributed by atoms with van der Waals surface area (Å²) >= 11 is 0. The number of esters is 2. The van der Waals surface area contributed by atoms with Crippen LogP contribution in [0.15, 0.2) is 150 Å². The Morgan fingerprint density at radius 3 is 0.509 bits per heavy atom. The van der Waals surface area contributed by atoms with Gasteiger partial charge in [0, 0.05) is 13.8 Å². The van der Waals surface area contributed by atoms with Crippen molar-refractivity contribution in [3.8, 4) is 0 Å². The molecule has 0 aliphatic heterocycles. The smallest absolute Gasteiger partial charge is 0.302 e. The minimum Gasteiger partial charge on any atom is -0.464 e. The molecule has 0 radical (unpaired) electrons. The summed E-state index contributed by atoms with van der Waals surface area (Å²) in [5.74, 6) is 3.80. The Kier molecular flexibility index (Phi) is 203. The van der Waals surface area contributed by atoms with Crippen LogP contribution in [0.3, 0.4) is 0 Å². The van der Waals surface area contributed by atoms with E-state index < -0.39 is 0 Å². The Balaban J connectivity index is -0.0000000606. The molecule has 4 bridgehead atoms. The van der Waals surface area contributed by atoms with Gasteiger partial charge in [-0.15, -0.1) is 0 Å². The Morgan fingerprint density at radius 2 is 0.445 bits per heavy atom. The Hall–Kier alpha value is -7.36. The lowest BCUT2D eigenvalue weighted by atomic mass is 10.0. The SMILES string of the molecule is C.C.C.C.C1=CC2CCC1C2.C1=CCC1.C1=CCCC1.C1=CCCCC1.C1CC2CCC1C2.C1CCC1.C1CCCC1.C1CCCCC1.C=CCOC(C)=O.C=CCOC(C)=O.C=CCOC=O.C=CCOC=O.C=CCOC=O.C=CCOC=O.C=CCOC=O.C=CCOC=O.CC.CC.CC.CC.CC.CC. The van der Waals surface area contributed by atoms with E-state index in [1.54, 1.807) is 32.1 Å². The van der Waals surface area contributed by atoms with E-state index in [0.29, 0.717) is 91.7 Å². The molecule has 2 atom stereocenters. The van der Waals surface area contributed by atoms with Crippen LogP contribution in [0.5, 0.6) is 0 Å². The molecule has 6 fully saturated rings. The molecule has 110 heavy (non-hydrogen) atoms. The van der Waals surface area contributed by atoms with Gasteiger partial charge >= 0.3 is 11.9 Å². The largest absolute Gasteiger partial charge is 0.464 e. The highest BCUT2D eigenvalue weighted by Gasteiger charge is 2.30. The zero-order valence-corrected chi connectivity index (χ0v) is 70.5. The van der Waals surface area contributed by atoms with Crippen LogP contribution in [0.25, 0.3) is 0 Å². The van der Waals surface area contributed by atoms with E-state index in [4.69, 9.17) is 0 Å². The summed E-state index contributed by atoms with van der Waals surface area (Å²) in [4.78, 5) is 75.6. The van der Waals surface area contributed by atoms with E-state index in [-0.39, 0.29) is 41.6 Å². The van der Waals surface area contributed by atoms with Crippen LogP contribution in [0.1, 0.15) is 332 Å². The molecule has 10 aliphatic rings. The van der Waals surface area contributed by atoms with Gasteiger partial charge in [0.2, 0.25) is 0 Å². The van der Waals surface area contributed by atoms with Crippen molar-refractivity contribution in [2.75, 3.05) is 52.9 Å². The van der Waals surface area contributed by atoms with Gasteiger partial charge in [-0.05, 0) is 107 Å². The third kappa shape index (κ3) is 170. The van der Waals surface area contributed by atoms with Crippen LogP contribution in [-0.4, -0.2) is 104 Å². The molecule has 0 aromatic rings. The first-order chi connectivity index (χ1) is 51.9. The lowest BCUT2D eigenvalue weighted by Gasteiger charge is -2.05. The summed E-state index contributed by atoms with van der Waals surface area (Å²) in [7, 11) is 0. The van der Waals surface area contributed by atoms with Crippen molar-refractivity contribution >= 4 is 50.8 Å². The molecule has 0 aromatic carbocycles. The van der Waals surface area contributed by atoms with Gasteiger partial charge in [-0.25, -0.2) is 0 Å². The monoisotopic (exact) mass is 1570 g/mol. The maximum atomic E-state index is 9.93. The molecular formula is C94H180O16. The Morgan fingerprint density at radius 1 is 0.273 bits per heavy atom. The fraction of sp³-hybridized carbons (Fsp3) is 0.660. The highest BCUT2D eigenvalue weighted by atomic mass is 16.5. The number of rotatable bonds is 22. The molecule has 0 heterocycles. The van der Waals surface area contributed by atoms with Crippen LogP contribution < -0.4 is 0 Å². The van der Waals surface area contributed by atoms with Gasteiger partial charge in [0.15, 0.2) is 0 Å².